The number of likely N-dealkylation sites (N-methyl/N-ethyl adjacent to an activating group) is 1. The van der Waals surface area contributed by atoms with Crippen molar-refractivity contribution in [2.75, 3.05) is 33.2 Å². The number of nitrogens with one attached hydrogen (secondary N) is 1. The highest BCUT2D eigenvalue weighted by Gasteiger charge is 2.32. The van der Waals surface area contributed by atoms with Crippen molar-refractivity contribution in [1.29, 1.82) is 0 Å². The first-order valence-electron chi connectivity index (χ1n) is 18.9. The first-order chi connectivity index (χ1) is 20.9. The van der Waals surface area contributed by atoms with Crippen LogP contribution < -0.4 is 5.32 Å². The van der Waals surface area contributed by atoms with Crippen molar-refractivity contribution in [1.82, 2.24) is 15.1 Å². The van der Waals surface area contributed by atoms with Crippen LogP contribution in [0.1, 0.15) is 175 Å². The molecule has 0 aromatic rings. The SMILES string of the molecule is CCCCCCCCCCC(CCCC)OC(=O)CC(C(=O)NC(CCCCC)CCCCCCC)N1CCN(C)CC1. The van der Waals surface area contributed by atoms with Gasteiger partial charge in [0.1, 0.15) is 6.10 Å². The highest BCUT2D eigenvalue weighted by atomic mass is 16.5. The fourth-order valence-electron chi connectivity index (χ4n) is 6.33. The van der Waals surface area contributed by atoms with E-state index < -0.39 is 6.04 Å². The summed E-state index contributed by atoms with van der Waals surface area (Å²) in [5, 5.41) is 3.43. The fourth-order valence-corrected chi connectivity index (χ4v) is 6.33. The molecule has 1 amide bonds. The third kappa shape index (κ3) is 20.5. The number of carbonyl (C=O) groups is 2. The van der Waals surface area contributed by atoms with Gasteiger partial charge in [0.25, 0.3) is 0 Å². The van der Waals surface area contributed by atoms with Crippen molar-refractivity contribution >= 4 is 11.9 Å². The molecule has 0 aromatic carbocycles. The molecule has 3 unspecified atom stereocenters. The molecule has 1 heterocycles. The number of amides is 1. The maximum Gasteiger partial charge on any atom is 0.308 e. The van der Waals surface area contributed by atoms with Crippen LogP contribution in [0.4, 0.5) is 0 Å². The second-order valence-corrected chi connectivity index (χ2v) is 13.5. The normalized spacial score (nSPS) is 16.6. The molecule has 1 aliphatic rings. The topological polar surface area (TPSA) is 61.9 Å². The van der Waals surface area contributed by atoms with Crippen LogP contribution in [0.5, 0.6) is 0 Å². The Hall–Kier alpha value is -1.14. The van der Waals surface area contributed by atoms with Gasteiger partial charge >= 0.3 is 5.97 Å². The summed E-state index contributed by atoms with van der Waals surface area (Å²) in [4.78, 5) is 31.8. The number of hydrogen-bond acceptors (Lipinski definition) is 5. The molecule has 0 radical (unpaired) electrons. The van der Waals surface area contributed by atoms with Crippen LogP contribution in [0.3, 0.4) is 0 Å². The number of rotatable bonds is 28. The Bertz CT molecular complexity index is 665. The summed E-state index contributed by atoms with van der Waals surface area (Å²) in [6.45, 7) is 12.4. The molecule has 1 saturated heterocycles. The van der Waals surface area contributed by atoms with E-state index in [9.17, 15) is 9.59 Å². The second kappa shape index (κ2) is 27.2. The standard InChI is InChI=1S/C37H73N3O3/c1-6-10-14-16-17-18-20-23-27-34(26-13-9-4)43-36(41)32-35(40-30-28-39(5)29-31-40)37(42)38-33(24-21-12-8-3)25-22-19-15-11-7-2/h33-35H,6-32H2,1-5H3,(H,38,42). The van der Waals surface area contributed by atoms with E-state index in [1.807, 2.05) is 0 Å². The van der Waals surface area contributed by atoms with Crippen LogP contribution in [0.25, 0.3) is 0 Å². The summed E-state index contributed by atoms with van der Waals surface area (Å²) in [5.41, 5.74) is 0. The Balaban J connectivity index is 2.77. The summed E-state index contributed by atoms with van der Waals surface area (Å²) in [6.07, 6.45) is 26.3. The fraction of sp³-hybridized carbons (Fsp3) is 0.946. The lowest BCUT2D eigenvalue weighted by atomic mass is 10.00. The Labute approximate surface area is 267 Å². The molecule has 0 bridgehead atoms. The summed E-state index contributed by atoms with van der Waals surface area (Å²) in [5.74, 6) is -0.161. The Morgan fingerprint density at radius 3 is 1.60 bits per heavy atom. The number of nitrogens with zero attached hydrogens (tertiary/aromatic N) is 2. The van der Waals surface area contributed by atoms with E-state index in [0.717, 1.165) is 84.0 Å². The van der Waals surface area contributed by atoms with E-state index in [1.165, 1.54) is 83.5 Å². The van der Waals surface area contributed by atoms with E-state index in [1.54, 1.807) is 0 Å². The maximum atomic E-state index is 13.9. The van der Waals surface area contributed by atoms with Gasteiger partial charge < -0.3 is 15.0 Å². The first-order valence-corrected chi connectivity index (χ1v) is 18.9. The lowest BCUT2D eigenvalue weighted by molar-refractivity contribution is -0.153. The first kappa shape index (κ1) is 39.9. The average molecular weight is 608 g/mol. The molecule has 0 saturated carbocycles. The van der Waals surface area contributed by atoms with Gasteiger partial charge in [-0.15, -0.1) is 0 Å². The third-order valence-corrected chi connectivity index (χ3v) is 9.36. The Morgan fingerprint density at radius 1 is 0.605 bits per heavy atom. The molecule has 6 heteroatoms. The highest BCUT2D eigenvalue weighted by molar-refractivity contribution is 5.86. The highest BCUT2D eigenvalue weighted by Crippen LogP contribution is 2.19. The summed E-state index contributed by atoms with van der Waals surface area (Å²) < 4.78 is 6.14. The van der Waals surface area contributed by atoms with Crippen LogP contribution in [0.2, 0.25) is 0 Å². The number of unbranched alkanes of at least 4 members (excludes halogenated alkanes) is 14. The number of hydrogen-bond donors (Lipinski definition) is 1. The number of ether oxygens (including phenoxy) is 1. The zero-order valence-corrected chi connectivity index (χ0v) is 29.4. The molecule has 0 spiro atoms. The van der Waals surface area contributed by atoms with Gasteiger partial charge in [-0.1, -0.05) is 137 Å². The van der Waals surface area contributed by atoms with Gasteiger partial charge in [0, 0.05) is 32.2 Å². The molecular formula is C37H73N3O3. The van der Waals surface area contributed by atoms with Gasteiger partial charge in [0.15, 0.2) is 0 Å². The van der Waals surface area contributed by atoms with Crippen LogP contribution in [0.15, 0.2) is 0 Å². The molecule has 1 aliphatic heterocycles. The zero-order chi connectivity index (χ0) is 31.5. The molecule has 1 rings (SSSR count). The number of esters is 1. The number of carbonyl (C=O) groups excluding carboxylic acids is 2. The van der Waals surface area contributed by atoms with E-state index in [0.29, 0.717) is 0 Å². The van der Waals surface area contributed by atoms with E-state index in [2.05, 4.69) is 49.9 Å². The van der Waals surface area contributed by atoms with E-state index in [-0.39, 0.29) is 30.4 Å². The summed E-state index contributed by atoms with van der Waals surface area (Å²) in [7, 11) is 2.13. The molecule has 0 aliphatic carbocycles. The van der Waals surface area contributed by atoms with Crippen molar-refractivity contribution in [3.05, 3.63) is 0 Å². The monoisotopic (exact) mass is 608 g/mol. The minimum atomic E-state index is -0.440. The summed E-state index contributed by atoms with van der Waals surface area (Å²) >= 11 is 0. The van der Waals surface area contributed by atoms with Crippen molar-refractivity contribution in [3.8, 4) is 0 Å². The van der Waals surface area contributed by atoms with E-state index >= 15 is 0 Å². The largest absolute Gasteiger partial charge is 0.462 e. The van der Waals surface area contributed by atoms with Crippen LogP contribution in [-0.4, -0.2) is 73.1 Å². The molecule has 1 fully saturated rings. The van der Waals surface area contributed by atoms with Crippen molar-refractivity contribution in [2.24, 2.45) is 0 Å². The van der Waals surface area contributed by atoms with Gasteiger partial charge in [-0.2, -0.15) is 0 Å². The molecule has 43 heavy (non-hydrogen) atoms. The van der Waals surface area contributed by atoms with E-state index in [4.69, 9.17) is 4.74 Å². The smallest absolute Gasteiger partial charge is 0.308 e. The zero-order valence-electron chi connectivity index (χ0n) is 29.4. The van der Waals surface area contributed by atoms with Gasteiger partial charge in [0.2, 0.25) is 5.91 Å². The van der Waals surface area contributed by atoms with Crippen LogP contribution in [-0.2, 0) is 14.3 Å². The minimum absolute atomic E-state index is 0.0198. The minimum Gasteiger partial charge on any atom is -0.462 e. The molecular weight excluding hydrogens is 534 g/mol. The van der Waals surface area contributed by atoms with Gasteiger partial charge in [-0.05, 0) is 39.2 Å². The number of piperazine rings is 1. The van der Waals surface area contributed by atoms with Crippen molar-refractivity contribution in [3.63, 3.8) is 0 Å². The van der Waals surface area contributed by atoms with Gasteiger partial charge in [-0.3, -0.25) is 14.5 Å². The van der Waals surface area contributed by atoms with Crippen LogP contribution >= 0.6 is 0 Å². The van der Waals surface area contributed by atoms with Crippen molar-refractivity contribution in [2.45, 2.75) is 194 Å². The van der Waals surface area contributed by atoms with Crippen molar-refractivity contribution < 1.29 is 14.3 Å². The lowest BCUT2D eigenvalue weighted by Gasteiger charge is -2.37. The molecule has 6 nitrogen and oxygen atoms in total. The average Bonchev–Trinajstić information content (AvgIpc) is 3.00. The molecule has 254 valence electrons. The predicted octanol–water partition coefficient (Wildman–Crippen LogP) is 9.05. The second-order valence-electron chi connectivity index (χ2n) is 13.5. The predicted molar refractivity (Wildman–Crippen MR) is 184 cm³/mol. The van der Waals surface area contributed by atoms with Gasteiger partial charge in [0.05, 0.1) is 12.5 Å². The Morgan fingerprint density at radius 2 is 1.05 bits per heavy atom. The van der Waals surface area contributed by atoms with Gasteiger partial charge in [-0.25, -0.2) is 0 Å². The quantitative estimate of drug-likeness (QED) is 0.0710. The van der Waals surface area contributed by atoms with Crippen LogP contribution in [0, 0.1) is 0 Å². The Kier molecular flexibility index (Phi) is 25.2. The lowest BCUT2D eigenvalue weighted by Crippen LogP contribution is -2.56. The maximum absolute atomic E-state index is 13.9. The molecule has 3 atom stereocenters. The molecule has 0 aromatic heterocycles. The summed E-state index contributed by atoms with van der Waals surface area (Å²) in [6, 6.07) is -0.240. The molecule has 1 N–H and O–H groups in total. The third-order valence-electron chi connectivity index (χ3n) is 9.36.